The highest BCUT2D eigenvalue weighted by molar-refractivity contribution is 7.93. The summed E-state index contributed by atoms with van der Waals surface area (Å²) in [6.45, 7) is 0.160. The van der Waals surface area contributed by atoms with E-state index >= 15 is 0 Å². The molecule has 0 spiro atoms. The number of halogens is 1. The summed E-state index contributed by atoms with van der Waals surface area (Å²) < 4.78 is 38.1. The Hall–Kier alpha value is -1.96. The second-order valence-corrected chi connectivity index (χ2v) is 7.87. The Labute approximate surface area is 151 Å². The average Bonchev–Trinajstić information content (AvgIpc) is 2.61. The average molecular weight is 384 g/mol. The molecule has 1 aliphatic heterocycles. The number of fused-ring (bicyclic) bond motifs is 1. The van der Waals surface area contributed by atoms with Crippen molar-refractivity contribution in [3.8, 4) is 11.5 Å². The number of sulfonamides is 1. The second-order valence-electron chi connectivity index (χ2n) is 5.60. The van der Waals surface area contributed by atoms with Crippen LogP contribution >= 0.6 is 11.6 Å². The Morgan fingerprint density at radius 3 is 2.60 bits per heavy atom. The fraction of sp³-hybridized carbons (Fsp3) is 0.294. The predicted molar refractivity (Wildman–Crippen MR) is 95.1 cm³/mol. The molecule has 0 saturated heterocycles. The summed E-state index contributed by atoms with van der Waals surface area (Å²) in [4.78, 5) is 0.0353. The highest BCUT2D eigenvalue weighted by atomic mass is 35.5. The van der Waals surface area contributed by atoms with Crippen molar-refractivity contribution in [1.29, 1.82) is 0 Å². The second kappa shape index (κ2) is 6.74. The summed E-state index contributed by atoms with van der Waals surface area (Å²) >= 11 is 5.99. The van der Waals surface area contributed by atoms with Gasteiger partial charge in [-0.05, 0) is 36.8 Å². The lowest BCUT2D eigenvalue weighted by atomic mass is 10.0. The molecule has 0 aliphatic carbocycles. The van der Waals surface area contributed by atoms with Gasteiger partial charge in [0.25, 0.3) is 10.0 Å². The van der Waals surface area contributed by atoms with Gasteiger partial charge in [0, 0.05) is 23.2 Å². The third-order valence-corrected chi connectivity index (χ3v) is 6.25. The number of rotatable bonds is 4. The molecule has 0 saturated carbocycles. The van der Waals surface area contributed by atoms with Gasteiger partial charge in [-0.2, -0.15) is 0 Å². The van der Waals surface area contributed by atoms with Crippen LogP contribution in [0.25, 0.3) is 0 Å². The van der Waals surface area contributed by atoms with Crippen molar-refractivity contribution in [2.24, 2.45) is 0 Å². The van der Waals surface area contributed by atoms with Crippen LogP contribution in [-0.2, 0) is 10.0 Å². The van der Waals surface area contributed by atoms with Crippen LogP contribution in [0.4, 0.5) is 5.69 Å². The number of hydrogen-bond acceptors (Lipinski definition) is 5. The Morgan fingerprint density at radius 2 is 1.92 bits per heavy atom. The SMILES string of the molecule is COc1ccc(S(=O)(=O)N2CCC(O)c3cc(Cl)ccc32)c(OC)c1. The van der Waals surface area contributed by atoms with Crippen LogP contribution in [0, 0.1) is 0 Å². The molecule has 25 heavy (non-hydrogen) atoms. The van der Waals surface area contributed by atoms with Crippen LogP contribution in [0.1, 0.15) is 18.1 Å². The Bertz CT molecular complexity index is 900. The molecular weight excluding hydrogens is 366 g/mol. The van der Waals surface area contributed by atoms with E-state index in [1.807, 2.05) is 0 Å². The smallest absolute Gasteiger partial charge is 0.268 e. The number of aliphatic hydroxyl groups is 1. The van der Waals surface area contributed by atoms with E-state index in [0.29, 0.717) is 22.0 Å². The molecule has 0 bridgehead atoms. The molecule has 0 fully saturated rings. The fourth-order valence-electron chi connectivity index (χ4n) is 2.89. The Balaban J connectivity index is 2.12. The first kappa shape index (κ1) is 17.8. The summed E-state index contributed by atoms with van der Waals surface area (Å²) in [6.07, 6.45) is -0.469. The summed E-state index contributed by atoms with van der Waals surface area (Å²) in [6, 6.07) is 9.34. The highest BCUT2D eigenvalue weighted by Crippen LogP contribution is 2.40. The Kier molecular flexibility index (Phi) is 4.81. The number of benzene rings is 2. The minimum atomic E-state index is -3.88. The number of aliphatic hydroxyl groups excluding tert-OH is 1. The molecule has 6 nitrogen and oxygen atoms in total. The lowest BCUT2D eigenvalue weighted by molar-refractivity contribution is 0.166. The first-order valence-corrected chi connectivity index (χ1v) is 9.42. The van der Waals surface area contributed by atoms with Crippen molar-refractivity contribution in [3.63, 3.8) is 0 Å². The molecule has 3 rings (SSSR count). The van der Waals surface area contributed by atoms with Gasteiger partial charge in [-0.3, -0.25) is 4.31 Å². The van der Waals surface area contributed by atoms with Gasteiger partial charge < -0.3 is 14.6 Å². The molecule has 1 heterocycles. The first-order valence-electron chi connectivity index (χ1n) is 7.60. The van der Waals surface area contributed by atoms with E-state index < -0.39 is 16.1 Å². The van der Waals surface area contributed by atoms with Crippen molar-refractivity contribution < 1.29 is 23.0 Å². The van der Waals surface area contributed by atoms with E-state index in [1.165, 1.54) is 30.7 Å². The van der Waals surface area contributed by atoms with Crippen LogP contribution in [-0.4, -0.2) is 34.3 Å². The maximum absolute atomic E-state index is 13.2. The van der Waals surface area contributed by atoms with Crippen LogP contribution < -0.4 is 13.8 Å². The van der Waals surface area contributed by atoms with E-state index in [1.54, 1.807) is 24.3 Å². The largest absolute Gasteiger partial charge is 0.497 e. The summed E-state index contributed by atoms with van der Waals surface area (Å²) in [5.74, 6) is 0.693. The molecule has 8 heteroatoms. The zero-order chi connectivity index (χ0) is 18.2. The number of nitrogens with zero attached hydrogens (tertiary/aromatic N) is 1. The van der Waals surface area contributed by atoms with E-state index in [2.05, 4.69) is 0 Å². The normalized spacial score (nSPS) is 17.1. The number of ether oxygens (including phenoxy) is 2. The highest BCUT2D eigenvalue weighted by Gasteiger charge is 2.34. The van der Waals surface area contributed by atoms with Gasteiger partial charge in [-0.1, -0.05) is 11.6 Å². The Morgan fingerprint density at radius 1 is 1.16 bits per heavy atom. The lowest BCUT2D eigenvalue weighted by Crippen LogP contribution is -2.36. The van der Waals surface area contributed by atoms with Crippen LogP contribution in [0.15, 0.2) is 41.3 Å². The topological polar surface area (TPSA) is 76.1 Å². The minimum absolute atomic E-state index is 0.0353. The molecular formula is C17H18ClNO5S. The van der Waals surface area contributed by atoms with Gasteiger partial charge in [0.05, 0.1) is 26.0 Å². The van der Waals surface area contributed by atoms with Crippen molar-refractivity contribution in [2.75, 3.05) is 25.1 Å². The third-order valence-electron chi connectivity index (χ3n) is 4.16. The first-order chi connectivity index (χ1) is 11.9. The van der Waals surface area contributed by atoms with Gasteiger partial charge in [0.15, 0.2) is 0 Å². The quantitative estimate of drug-likeness (QED) is 0.878. The molecule has 0 radical (unpaired) electrons. The monoisotopic (exact) mass is 383 g/mol. The van der Waals surface area contributed by atoms with Gasteiger partial charge in [0.1, 0.15) is 16.4 Å². The lowest BCUT2D eigenvalue weighted by Gasteiger charge is -2.33. The minimum Gasteiger partial charge on any atom is -0.497 e. The van der Waals surface area contributed by atoms with Crippen molar-refractivity contribution in [2.45, 2.75) is 17.4 Å². The summed E-state index contributed by atoms with van der Waals surface area (Å²) in [7, 11) is -0.982. The standard InChI is InChI=1S/C17H18ClNO5S/c1-23-12-4-6-17(16(10-12)24-2)25(21,22)19-8-7-15(20)13-9-11(18)3-5-14(13)19/h3-6,9-10,15,20H,7-8H2,1-2H3. The predicted octanol–water partition coefficient (Wildman–Crippen LogP) is 2.99. The molecule has 1 unspecified atom stereocenters. The number of hydrogen-bond donors (Lipinski definition) is 1. The van der Waals surface area contributed by atoms with Crippen molar-refractivity contribution in [3.05, 3.63) is 47.0 Å². The third kappa shape index (κ3) is 3.15. The van der Waals surface area contributed by atoms with E-state index in [-0.39, 0.29) is 23.6 Å². The van der Waals surface area contributed by atoms with E-state index in [9.17, 15) is 13.5 Å². The van der Waals surface area contributed by atoms with E-state index in [0.717, 1.165) is 0 Å². The molecule has 1 aliphatic rings. The van der Waals surface area contributed by atoms with Gasteiger partial charge in [0.2, 0.25) is 0 Å². The zero-order valence-electron chi connectivity index (χ0n) is 13.8. The molecule has 134 valence electrons. The molecule has 0 aromatic heterocycles. The van der Waals surface area contributed by atoms with Crippen molar-refractivity contribution in [1.82, 2.24) is 0 Å². The maximum atomic E-state index is 13.2. The van der Waals surface area contributed by atoms with Gasteiger partial charge in [-0.25, -0.2) is 8.42 Å². The van der Waals surface area contributed by atoms with Crippen LogP contribution in [0.5, 0.6) is 11.5 Å². The number of methoxy groups -OCH3 is 2. The molecule has 0 amide bonds. The molecule has 2 aromatic carbocycles. The number of anilines is 1. The zero-order valence-corrected chi connectivity index (χ0v) is 15.3. The van der Waals surface area contributed by atoms with Gasteiger partial charge >= 0.3 is 0 Å². The van der Waals surface area contributed by atoms with Crippen molar-refractivity contribution >= 4 is 27.3 Å². The summed E-state index contributed by atoms with van der Waals surface area (Å²) in [5, 5.41) is 10.6. The molecule has 2 aromatic rings. The van der Waals surface area contributed by atoms with E-state index in [4.69, 9.17) is 21.1 Å². The fourth-order valence-corrected chi connectivity index (χ4v) is 4.72. The van der Waals surface area contributed by atoms with Crippen LogP contribution in [0.2, 0.25) is 5.02 Å². The van der Waals surface area contributed by atoms with Gasteiger partial charge in [-0.15, -0.1) is 0 Å². The molecule has 1 atom stereocenters. The molecule has 1 N–H and O–H groups in total. The maximum Gasteiger partial charge on any atom is 0.268 e. The summed E-state index contributed by atoms with van der Waals surface area (Å²) in [5.41, 5.74) is 0.913. The van der Waals surface area contributed by atoms with Crippen LogP contribution in [0.3, 0.4) is 0 Å².